The molecule has 5 nitrogen and oxygen atoms in total. The number of hydrogen-bond donors (Lipinski definition) is 0. The Labute approximate surface area is 153 Å². The molecule has 2 aromatic heterocycles. The summed E-state index contributed by atoms with van der Waals surface area (Å²) >= 11 is 0. The van der Waals surface area contributed by atoms with Crippen molar-refractivity contribution in [2.24, 2.45) is 0 Å². The highest BCUT2D eigenvalue weighted by Crippen LogP contribution is 2.31. The molecule has 3 rings (SSSR count). The Bertz CT molecular complexity index is 908. The smallest absolute Gasteiger partial charge is 0.434 e. The number of carbonyl (C=O) groups is 1. The molecule has 0 aliphatic rings. The summed E-state index contributed by atoms with van der Waals surface area (Å²) in [6.45, 7) is 9.11. The fourth-order valence-corrected chi connectivity index (χ4v) is 2.87. The lowest BCUT2D eigenvalue weighted by atomic mass is 9.86. The largest absolute Gasteiger partial charge is 0.515 e. The molecule has 3 aromatic rings. The van der Waals surface area contributed by atoms with Crippen LogP contribution in [0.25, 0.3) is 10.9 Å². The molecule has 0 saturated carbocycles. The van der Waals surface area contributed by atoms with Gasteiger partial charge in [0.1, 0.15) is 0 Å². The molecule has 1 aromatic carbocycles. The minimum absolute atomic E-state index is 0.0435. The number of fused-ring (bicyclic) bond motifs is 1. The van der Waals surface area contributed by atoms with Crippen molar-refractivity contribution in [1.82, 2.24) is 9.55 Å². The Balaban J connectivity index is 2.06. The van der Waals surface area contributed by atoms with Crippen LogP contribution in [0.5, 0.6) is 5.88 Å². The van der Waals surface area contributed by atoms with Crippen LogP contribution in [0.3, 0.4) is 0 Å². The fourth-order valence-electron chi connectivity index (χ4n) is 2.87. The molecular formula is C21H24N2O3. The zero-order valence-corrected chi connectivity index (χ0v) is 15.7. The molecule has 0 radical (unpaired) electrons. The Kier molecular flexibility index (Phi) is 4.98. The monoisotopic (exact) mass is 352 g/mol. The van der Waals surface area contributed by atoms with E-state index in [1.807, 2.05) is 29.0 Å². The normalized spacial score (nSPS) is 11.5. The molecule has 0 spiro atoms. The molecule has 5 heteroatoms. The molecule has 0 atom stereocenters. The molecular weight excluding hydrogens is 328 g/mol. The first-order valence-corrected chi connectivity index (χ1v) is 8.76. The van der Waals surface area contributed by atoms with Gasteiger partial charge in [0.05, 0.1) is 18.7 Å². The van der Waals surface area contributed by atoms with Gasteiger partial charge in [0.25, 0.3) is 0 Å². The van der Waals surface area contributed by atoms with Crippen molar-refractivity contribution in [2.75, 3.05) is 6.61 Å². The Hall–Kier alpha value is -2.82. The van der Waals surface area contributed by atoms with Crippen molar-refractivity contribution in [3.63, 3.8) is 0 Å². The van der Waals surface area contributed by atoms with E-state index in [-0.39, 0.29) is 12.0 Å². The third-order valence-corrected chi connectivity index (χ3v) is 4.24. The molecule has 0 amide bonds. The van der Waals surface area contributed by atoms with E-state index in [1.165, 1.54) is 5.56 Å². The van der Waals surface area contributed by atoms with Gasteiger partial charge in [-0.25, -0.2) is 4.79 Å². The van der Waals surface area contributed by atoms with Crippen LogP contribution >= 0.6 is 0 Å². The van der Waals surface area contributed by atoms with Gasteiger partial charge < -0.3 is 14.0 Å². The first-order chi connectivity index (χ1) is 12.4. The molecule has 136 valence electrons. The number of aromatic nitrogens is 2. The van der Waals surface area contributed by atoms with Crippen molar-refractivity contribution in [1.29, 1.82) is 0 Å². The molecule has 26 heavy (non-hydrogen) atoms. The number of carbonyl (C=O) groups excluding carboxylic acids is 1. The molecule has 0 unspecified atom stereocenters. The van der Waals surface area contributed by atoms with Crippen LogP contribution in [0, 0.1) is 0 Å². The maximum atomic E-state index is 11.9. The van der Waals surface area contributed by atoms with Crippen LogP contribution in [0.2, 0.25) is 0 Å². The summed E-state index contributed by atoms with van der Waals surface area (Å²) in [6.07, 6.45) is 2.85. The van der Waals surface area contributed by atoms with E-state index in [1.54, 1.807) is 13.1 Å². The molecule has 0 saturated heterocycles. The highest BCUT2D eigenvalue weighted by molar-refractivity contribution is 5.84. The fraction of sp³-hybridized carbons (Fsp3) is 0.333. The van der Waals surface area contributed by atoms with E-state index in [0.717, 1.165) is 16.5 Å². The number of rotatable bonds is 4. The van der Waals surface area contributed by atoms with Gasteiger partial charge in [-0.1, -0.05) is 32.9 Å². The molecule has 0 aliphatic carbocycles. The van der Waals surface area contributed by atoms with Crippen molar-refractivity contribution in [3.05, 3.63) is 59.9 Å². The van der Waals surface area contributed by atoms with Crippen LogP contribution in [-0.4, -0.2) is 22.3 Å². The number of hydrogen-bond acceptors (Lipinski definition) is 4. The van der Waals surface area contributed by atoms with Crippen LogP contribution in [-0.2, 0) is 16.7 Å². The van der Waals surface area contributed by atoms with E-state index in [4.69, 9.17) is 9.47 Å². The van der Waals surface area contributed by atoms with E-state index in [2.05, 4.69) is 44.0 Å². The number of nitrogens with zero attached hydrogens (tertiary/aromatic N) is 2. The SMILES string of the molecule is CCOC(=O)Oc1cc2cc(C(C)(C)C)ccc2n1Cc1cccnc1. The predicted octanol–water partition coefficient (Wildman–Crippen LogP) is 4.92. The lowest BCUT2D eigenvalue weighted by Gasteiger charge is -2.19. The van der Waals surface area contributed by atoms with Gasteiger partial charge in [0.15, 0.2) is 0 Å². The first-order valence-electron chi connectivity index (χ1n) is 8.76. The Morgan fingerprint density at radius 1 is 1.19 bits per heavy atom. The second kappa shape index (κ2) is 7.20. The molecule has 0 aliphatic heterocycles. The third kappa shape index (κ3) is 3.87. The number of ether oxygens (including phenoxy) is 2. The van der Waals surface area contributed by atoms with Crippen LogP contribution < -0.4 is 4.74 Å². The summed E-state index contributed by atoms with van der Waals surface area (Å²) in [5.41, 5.74) is 3.30. The van der Waals surface area contributed by atoms with Crippen molar-refractivity contribution in [2.45, 2.75) is 39.7 Å². The van der Waals surface area contributed by atoms with E-state index in [0.29, 0.717) is 12.4 Å². The van der Waals surface area contributed by atoms with Gasteiger partial charge >= 0.3 is 6.16 Å². The van der Waals surface area contributed by atoms with Crippen LogP contribution in [0.15, 0.2) is 48.8 Å². The highest BCUT2D eigenvalue weighted by atomic mass is 16.7. The van der Waals surface area contributed by atoms with Crippen molar-refractivity contribution < 1.29 is 14.3 Å². The summed E-state index contributed by atoms with van der Waals surface area (Å²) in [6, 6.07) is 12.1. The van der Waals surface area contributed by atoms with E-state index >= 15 is 0 Å². The first kappa shape index (κ1) is 18.0. The van der Waals surface area contributed by atoms with Crippen LogP contribution in [0.4, 0.5) is 4.79 Å². The highest BCUT2D eigenvalue weighted by Gasteiger charge is 2.18. The Morgan fingerprint density at radius 3 is 2.65 bits per heavy atom. The standard InChI is InChI=1S/C21H24N2O3/c1-5-25-20(24)26-19-12-16-11-17(21(2,3)4)8-9-18(16)23(19)14-15-7-6-10-22-13-15/h6-13H,5,14H2,1-4H3. The lowest BCUT2D eigenvalue weighted by Crippen LogP contribution is -2.13. The average Bonchev–Trinajstić information content (AvgIpc) is 2.92. The zero-order chi connectivity index (χ0) is 18.7. The topological polar surface area (TPSA) is 53.4 Å². The van der Waals surface area contributed by atoms with Crippen molar-refractivity contribution >= 4 is 17.1 Å². The average molecular weight is 352 g/mol. The van der Waals surface area contributed by atoms with Gasteiger partial charge in [-0.15, -0.1) is 0 Å². The van der Waals surface area contributed by atoms with Gasteiger partial charge in [0.2, 0.25) is 5.88 Å². The van der Waals surface area contributed by atoms with E-state index < -0.39 is 6.16 Å². The summed E-state index contributed by atoms with van der Waals surface area (Å²) in [5.74, 6) is 0.466. The second-order valence-electron chi connectivity index (χ2n) is 7.24. The zero-order valence-electron chi connectivity index (χ0n) is 15.7. The molecule has 0 bridgehead atoms. The minimum Gasteiger partial charge on any atom is -0.434 e. The maximum Gasteiger partial charge on any atom is 0.515 e. The third-order valence-electron chi connectivity index (χ3n) is 4.24. The van der Waals surface area contributed by atoms with Crippen LogP contribution in [0.1, 0.15) is 38.8 Å². The maximum absolute atomic E-state index is 11.9. The minimum atomic E-state index is -0.696. The van der Waals surface area contributed by atoms with Gasteiger partial charge in [0, 0.05) is 23.8 Å². The molecule has 2 heterocycles. The summed E-state index contributed by atoms with van der Waals surface area (Å²) < 4.78 is 12.4. The Morgan fingerprint density at radius 2 is 2.00 bits per heavy atom. The summed E-state index contributed by atoms with van der Waals surface area (Å²) in [5, 5.41) is 1.03. The van der Waals surface area contributed by atoms with Crippen molar-refractivity contribution in [3.8, 4) is 5.88 Å². The summed E-state index contributed by atoms with van der Waals surface area (Å²) in [4.78, 5) is 16.0. The lowest BCUT2D eigenvalue weighted by molar-refractivity contribution is 0.101. The second-order valence-corrected chi connectivity index (χ2v) is 7.24. The molecule has 0 fully saturated rings. The van der Waals surface area contributed by atoms with Gasteiger partial charge in [-0.3, -0.25) is 4.98 Å². The van der Waals surface area contributed by atoms with Gasteiger partial charge in [-0.2, -0.15) is 0 Å². The quantitative estimate of drug-likeness (QED) is 0.626. The molecule has 0 N–H and O–H groups in total. The summed E-state index contributed by atoms with van der Waals surface area (Å²) in [7, 11) is 0. The number of benzene rings is 1. The van der Waals surface area contributed by atoms with E-state index in [9.17, 15) is 4.79 Å². The van der Waals surface area contributed by atoms with Gasteiger partial charge in [-0.05, 0) is 41.7 Å². The predicted molar refractivity (Wildman–Crippen MR) is 102 cm³/mol. The number of pyridine rings is 1.